The number of fused-ring (bicyclic) bond motifs is 1. The van der Waals surface area contributed by atoms with Gasteiger partial charge in [0, 0.05) is 21.8 Å². The van der Waals surface area contributed by atoms with Gasteiger partial charge in [0.05, 0.1) is 11.6 Å². The summed E-state index contributed by atoms with van der Waals surface area (Å²) in [6.07, 6.45) is -4.54. The van der Waals surface area contributed by atoms with Crippen LogP contribution in [-0.2, 0) is 6.18 Å². The van der Waals surface area contributed by atoms with Crippen molar-refractivity contribution in [3.63, 3.8) is 0 Å². The number of halogens is 4. The Morgan fingerprint density at radius 1 is 1.17 bits per heavy atom. The minimum Gasteiger partial charge on any atom is -0.288 e. The molecule has 0 N–H and O–H groups in total. The van der Waals surface area contributed by atoms with Crippen LogP contribution in [0.4, 0.5) is 18.9 Å². The lowest BCUT2D eigenvalue weighted by Gasteiger charge is -2.20. The normalized spacial score (nSPS) is 17.1. The standard InChI is InChI=1S/C16H8ClF3N2O/c17-10-2-1-3-11(7-10)22-14(8-21)13-6-9(16(18,19)20)4-5-12(13)15(22)23/h1-7,14H. The van der Waals surface area contributed by atoms with Crippen LogP contribution in [0.3, 0.4) is 0 Å². The first kappa shape index (κ1) is 15.4. The summed E-state index contributed by atoms with van der Waals surface area (Å²) in [5, 5.41) is 9.73. The van der Waals surface area contributed by atoms with Crippen molar-refractivity contribution < 1.29 is 18.0 Å². The lowest BCUT2D eigenvalue weighted by atomic mass is 10.0. The van der Waals surface area contributed by atoms with Gasteiger partial charge in [-0.3, -0.25) is 9.69 Å². The smallest absolute Gasteiger partial charge is 0.288 e. The molecule has 0 saturated heterocycles. The number of alkyl halides is 3. The predicted molar refractivity (Wildman–Crippen MR) is 78.1 cm³/mol. The quantitative estimate of drug-likeness (QED) is 0.765. The van der Waals surface area contributed by atoms with E-state index in [-0.39, 0.29) is 11.1 Å². The van der Waals surface area contributed by atoms with E-state index in [1.165, 1.54) is 6.07 Å². The minimum atomic E-state index is -4.54. The molecule has 1 aliphatic rings. The van der Waals surface area contributed by atoms with Crippen molar-refractivity contribution in [1.82, 2.24) is 0 Å². The van der Waals surface area contributed by atoms with E-state index in [9.17, 15) is 23.2 Å². The summed E-state index contributed by atoms with van der Waals surface area (Å²) < 4.78 is 38.6. The number of hydrogen-bond donors (Lipinski definition) is 0. The number of carbonyl (C=O) groups is 1. The molecule has 1 unspecified atom stereocenters. The molecule has 2 aromatic carbocycles. The maximum absolute atomic E-state index is 12.9. The molecule has 1 atom stereocenters. The van der Waals surface area contributed by atoms with E-state index in [2.05, 4.69) is 0 Å². The summed E-state index contributed by atoms with van der Waals surface area (Å²) in [7, 11) is 0. The van der Waals surface area contributed by atoms with Crippen LogP contribution in [0.2, 0.25) is 5.02 Å². The van der Waals surface area contributed by atoms with Crippen LogP contribution in [0.15, 0.2) is 42.5 Å². The summed E-state index contributed by atoms with van der Waals surface area (Å²) in [6.45, 7) is 0. The Morgan fingerprint density at radius 2 is 1.91 bits per heavy atom. The number of nitrogens with zero attached hydrogens (tertiary/aromatic N) is 2. The Balaban J connectivity index is 2.13. The molecule has 0 fully saturated rings. The SMILES string of the molecule is N#CC1c2cc(C(F)(F)F)ccc2C(=O)N1c1cccc(Cl)c1. The molecular formula is C16H8ClF3N2O. The van der Waals surface area contributed by atoms with E-state index in [4.69, 9.17) is 11.6 Å². The molecule has 0 aliphatic carbocycles. The third-order valence-electron chi connectivity index (χ3n) is 3.59. The molecule has 1 heterocycles. The molecule has 7 heteroatoms. The Bertz CT molecular complexity index is 842. The molecule has 1 aliphatic heterocycles. The van der Waals surface area contributed by atoms with E-state index in [1.807, 2.05) is 6.07 Å². The van der Waals surface area contributed by atoms with Gasteiger partial charge in [-0.1, -0.05) is 17.7 Å². The number of hydrogen-bond acceptors (Lipinski definition) is 2. The number of nitriles is 1. The van der Waals surface area contributed by atoms with Crippen molar-refractivity contribution in [1.29, 1.82) is 5.26 Å². The zero-order valence-corrected chi connectivity index (χ0v) is 12.2. The first-order chi connectivity index (χ1) is 10.8. The fraction of sp³-hybridized carbons (Fsp3) is 0.125. The molecule has 0 radical (unpaired) electrons. The van der Waals surface area contributed by atoms with Crippen molar-refractivity contribution in [2.75, 3.05) is 4.90 Å². The number of carbonyl (C=O) groups excluding carboxylic acids is 1. The first-order valence-corrected chi connectivity index (χ1v) is 6.90. The highest BCUT2D eigenvalue weighted by atomic mass is 35.5. The van der Waals surface area contributed by atoms with E-state index in [1.54, 1.807) is 18.2 Å². The zero-order valence-electron chi connectivity index (χ0n) is 11.4. The topological polar surface area (TPSA) is 44.1 Å². The molecule has 3 rings (SSSR count). The van der Waals surface area contributed by atoms with Crippen LogP contribution in [0.5, 0.6) is 0 Å². The Kier molecular flexibility index (Phi) is 3.53. The van der Waals surface area contributed by atoms with Crippen molar-refractivity contribution >= 4 is 23.2 Å². The van der Waals surface area contributed by atoms with E-state index < -0.39 is 23.7 Å². The average Bonchev–Trinajstić information content (AvgIpc) is 2.78. The van der Waals surface area contributed by atoms with Gasteiger partial charge in [-0.25, -0.2) is 0 Å². The van der Waals surface area contributed by atoms with Gasteiger partial charge in [0.15, 0.2) is 6.04 Å². The number of amides is 1. The third-order valence-corrected chi connectivity index (χ3v) is 3.82. The number of benzene rings is 2. The van der Waals surface area contributed by atoms with Crippen molar-refractivity contribution in [3.8, 4) is 6.07 Å². The van der Waals surface area contributed by atoms with Crippen LogP contribution < -0.4 is 4.90 Å². The van der Waals surface area contributed by atoms with Crippen LogP contribution in [-0.4, -0.2) is 5.91 Å². The van der Waals surface area contributed by atoms with Crippen LogP contribution in [0.25, 0.3) is 0 Å². The zero-order chi connectivity index (χ0) is 16.8. The molecule has 116 valence electrons. The largest absolute Gasteiger partial charge is 0.416 e. The maximum Gasteiger partial charge on any atom is 0.416 e. The van der Waals surface area contributed by atoms with Crippen LogP contribution >= 0.6 is 11.6 Å². The lowest BCUT2D eigenvalue weighted by molar-refractivity contribution is -0.137. The van der Waals surface area contributed by atoms with Gasteiger partial charge in [-0.05, 0) is 36.4 Å². The second-order valence-electron chi connectivity index (χ2n) is 4.99. The fourth-order valence-electron chi connectivity index (χ4n) is 2.57. The fourth-order valence-corrected chi connectivity index (χ4v) is 2.75. The van der Waals surface area contributed by atoms with Gasteiger partial charge in [-0.15, -0.1) is 0 Å². The van der Waals surface area contributed by atoms with Gasteiger partial charge in [-0.2, -0.15) is 18.4 Å². The highest BCUT2D eigenvalue weighted by Gasteiger charge is 2.40. The predicted octanol–water partition coefficient (Wildman–Crippen LogP) is 4.58. The van der Waals surface area contributed by atoms with Crippen molar-refractivity contribution in [2.24, 2.45) is 0 Å². The van der Waals surface area contributed by atoms with E-state index in [0.717, 1.165) is 23.1 Å². The Hall–Kier alpha value is -2.52. The summed E-state index contributed by atoms with van der Waals surface area (Å²) >= 11 is 5.89. The van der Waals surface area contributed by atoms with Gasteiger partial charge in [0.25, 0.3) is 5.91 Å². The second kappa shape index (κ2) is 5.28. The van der Waals surface area contributed by atoms with Crippen molar-refractivity contribution in [2.45, 2.75) is 12.2 Å². The first-order valence-electron chi connectivity index (χ1n) is 6.53. The molecule has 3 nitrogen and oxygen atoms in total. The molecule has 0 saturated carbocycles. The number of rotatable bonds is 1. The van der Waals surface area contributed by atoms with Crippen LogP contribution in [0.1, 0.15) is 27.5 Å². The minimum absolute atomic E-state index is 0.0484. The monoisotopic (exact) mass is 336 g/mol. The summed E-state index contributed by atoms with van der Waals surface area (Å²) in [5.41, 5.74) is -0.395. The molecule has 1 amide bonds. The third kappa shape index (κ3) is 2.53. The van der Waals surface area contributed by atoms with Crippen LogP contribution in [0, 0.1) is 11.3 Å². The molecule has 0 aromatic heterocycles. The van der Waals surface area contributed by atoms with Gasteiger partial charge >= 0.3 is 6.18 Å². The molecule has 0 bridgehead atoms. The molecule has 0 spiro atoms. The summed E-state index contributed by atoms with van der Waals surface area (Å²) in [4.78, 5) is 13.6. The maximum atomic E-state index is 12.9. The van der Waals surface area contributed by atoms with Gasteiger partial charge in [0.1, 0.15) is 0 Å². The van der Waals surface area contributed by atoms with E-state index >= 15 is 0 Å². The molecular weight excluding hydrogens is 329 g/mol. The van der Waals surface area contributed by atoms with Gasteiger partial charge in [0.2, 0.25) is 0 Å². The highest BCUT2D eigenvalue weighted by Crippen LogP contribution is 2.40. The summed E-state index contributed by atoms with van der Waals surface area (Å²) in [6, 6.07) is 9.82. The lowest BCUT2D eigenvalue weighted by Crippen LogP contribution is -2.26. The average molecular weight is 337 g/mol. The van der Waals surface area contributed by atoms with E-state index in [0.29, 0.717) is 10.7 Å². The molecule has 23 heavy (non-hydrogen) atoms. The second-order valence-corrected chi connectivity index (χ2v) is 5.42. The van der Waals surface area contributed by atoms with Crippen molar-refractivity contribution in [3.05, 3.63) is 64.2 Å². The Labute approximate surface area is 134 Å². The summed E-state index contributed by atoms with van der Waals surface area (Å²) in [5.74, 6) is -0.525. The van der Waals surface area contributed by atoms with Gasteiger partial charge < -0.3 is 0 Å². The number of anilines is 1. The Morgan fingerprint density at radius 3 is 2.52 bits per heavy atom. The molecule has 2 aromatic rings. The highest BCUT2D eigenvalue weighted by molar-refractivity contribution is 6.31.